The molecule has 2 nitrogen and oxygen atoms in total. The van der Waals surface area contributed by atoms with Gasteiger partial charge in [0.15, 0.2) is 6.20 Å². The van der Waals surface area contributed by atoms with Crippen LogP contribution in [0, 0.1) is 12.1 Å². The smallest absolute Gasteiger partial charge is 0.0727 e. The summed E-state index contributed by atoms with van der Waals surface area (Å²) < 4.78 is 1.12. The van der Waals surface area contributed by atoms with Crippen LogP contribution in [-0.2, 0) is 0 Å². The maximum Gasteiger partial charge on any atom is 0.365 e. The van der Waals surface area contributed by atoms with E-state index in [0.29, 0.717) is 0 Å². The van der Waals surface area contributed by atoms with Crippen molar-refractivity contribution in [1.82, 2.24) is 0 Å². The molecule has 34 valence electrons. The normalized spacial score (nSPS) is 18.0. The van der Waals surface area contributed by atoms with Gasteiger partial charge < -0.3 is 0 Å². The Balaban J connectivity index is 2.66. The van der Waals surface area contributed by atoms with Crippen molar-refractivity contribution in [2.24, 2.45) is 0 Å². The van der Waals surface area contributed by atoms with Gasteiger partial charge in [-0.15, -0.1) is 0 Å². The van der Waals surface area contributed by atoms with Crippen molar-refractivity contribution in [3.8, 4) is 0 Å². The molecule has 2 heteroatoms. The van der Waals surface area contributed by atoms with Crippen LogP contribution in [0.4, 0.5) is 0 Å². The van der Waals surface area contributed by atoms with Gasteiger partial charge in [0.1, 0.15) is 0 Å². The maximum absolute atomic E-state index is 6.86. The Morgan fingerprint density at radius 2 is 2.29 bits per heavy atom. The monoisotopic (exact) mass is 93.0 g/mol. The number of hydrogen-bond donors (Lipinski definition) is 1. The molecule has 0 atom stereocenters. The van der Waals surface area contributed by atoms with Gasteiger partial charge in [0.2, 0.25) is 0 Å². The minimum Gasteiger partial charge on any atom is -0.0727 e. The number of hydrogen-bond acceptors (Lipinski definition) is 1. The minimum absolute atomic E-state index is 1.12. The van der Waals surface area contributed by atoms with Crippen LogP contribution in [0.15, 0.2) is 24.4 Å². The molecule has 0 aromatic rings. The van der Waals surface area contributed by atoms with Crippen molar-refractivity contribution in [3.63, 3.8) is 0 Å². The quantitative estimate of drug-likeness (QED) is 0.435. The van der Waals surface area contributed by atoms with E-state index in [9.17, 15) is 0 Å². The highest BCUT2D eigenvalue weighted by atomic mass is 15.1. The Bertz CT molecular complexity index is 133. The van der Waals surface area contributed by atoms with Gasteiger partial charge in [0.25, 0.3) is 0 Å². The molecule has 0 saturated heterocycles. The van der Waals surface area contributed by atoms with Crippen LogP contribution in [0.25, 0.3) is 0 Å². The molecule has 1 heterocycles. The number of allylic oxidation sites excluding steroid dienone is 2. The lowest BCUT2D eigenvalue weighted by molar-refractivity contribution is -0.505. The third-order valence-corrected chi connectivity index (χ3v) is 0.656. The van der Waals surface area contributed by atoms with Gasteiger partial charge in [0.05, 0.1) is 0 Å². The molecule has 0 unspecified atom stereocenters. The highest BCUT2D eigenvalue weighted by Gasteiger charge is 1.99. The van der Waals surface area contributed by atoms with E-state index < -0.39 is 0 Å². The molecule has 1 aliphatic rings. The minimum atomic E-state index is 1.12. The molecule has 0 aliphatic carbocycles. The van der Waals surface area contributed by atoms with Crippen LogP contribution in [0.1, 0.15) is 0 Å². The first-order valence-corrected chi connectivity index (χ1v) is 1.99. The van der Waals surface area contributed by atoms with E-state index in [1.807, 2.05) is 6.08 Å². The van der Waals surface area contributed by atoms with Crippen molar-refractivity contribution in [1.29, 1.82) is 5.53 Å². The van der Waals surface area contributed by atoms with E-state index in [-0.39, 0.29) is 0 Å². The molecule has 0 aromatic heterocycles. The third kappa shape index (κ3) is 0.961. The predicted octanol–water partition coefficient (Wildman–Crippen LogP) is 1.15. The highest BCUT2D eigenvalue weighted by molar-refractivity contribution is 5.05. The average Bonchev–Trinajstić information content (AvgIpc) is 1.69. The Kier molecular flexibility index (Phi) is 1.02. The molecule has 0 bridgehead atoms. The molecule has 0 spiro atoms. The van der Waals surface area contributed by atoms with Crippen LogP contribution in [-0.4, -0.2) is 4.70 Å². The van der Waals surface area contributed by atoms with Gasteiger partial charge in [-0.2, -0.15) is 0 Å². The summed E-state index contributed by atoms with van der Waals surface area (Å²) in [4.78, 5) is 0. The fourth-order valence-electron chi connectivity index (χ4n) is 0.358. The molecule has 1 N–H and O–H groups in total. The molecular weight excluding hydrogens is 88.1 g/mol. The van der Waals surface area contributed by atoms with E-state index >= 15 is 0 Å². The van der Waals surface area contributed by atoms with Crippen molar-refractivity contribution < 1.29 is 4.70 Å². The van der Waals surface area contributed by atoms with Gasteiger partial charge in [-0.25, -0.2) is 0 Å². The second-order valence-electron chi connectivity index (χ2n) is 1.20. The largest absolute Gasteiger partial charge is 0.365 e. The van der Waals surface area contributed by atoms with Gasteiger partial charge in [-0.05, 0) is 0 Å². The molecule has 7 heavy (non-hydrogen) atoms. The van der Waals surface area contributed by atoms with Gasteiger partial charge in [-0.3, -0.25) is 0 Å². The second kappa shape index (κ2) is 1.69. The molecule has 0 saturated carbocycles. The summed E-state index contributed by atoms with van der Waals surface area (Å²) >= 11 is 0. The van der Waals surface area contributed by atoms with Gasteiger partial charge in [-0.1, -0.05) is 16.3 Å². The first kappa shape index (κ1) is 4.24. The van der Waals surface area contributed by atoms with Crippen molar-refractivity contribution in [2.45, 2.75) is 0 Å². The highest BCUT2D eigenvalue weighted by Crippen LogP contribution is 1.92. The molecule has 1 aliphatic heterocycles. The fourth-order valence-corrected chi connectivity index (χ4v) is 0.358. The third-order valence-electron chi connectivity index (χ3n) is 0.656. The topological polar surface area (TPSA) is 26.9 Å². The predicted molar refractivity (Wildman–Crippen MR) is 24.5 cm³/mol. The molecule has 0 amide bonds. The molecule has 0 fully saturated rings. The zero-order valence-electron chi connectivity index (χ0n) is 3.76. The number of rotatable bonds is 0. The molecule has 0 aromatic carbocycles. The number of nitrogens with zero attached hydrogens (tertiary/aromatic N) is 1. The van der Waals surface area contributed by atoms with Crippen molar-refractivity contribution in [2.75, 3.05) is 0 Å². The lowest BCUT2D eigenvalue weighted by atomic mass is 10.4. The van der Waals surface area contributed by atoms with Crippen LogP contribution in [0.5, 0.6) is 0 Å². The summed E-state index contributed by atoms with van der Waals surface area (Å²) in [5, 5.41) is 0. The maximum atomic E-state index is 6.86. The summed E-state index contributed by atoms with van der Waals surface area (Å²) in [5.74, 6) is 0. The van der Waals surface area contributed by atoms with E-state index in [2.05, 4.69) is 6.54 Å². The van der Waals surface area contributed by atoms with Crippen LogP contribution >= 0.6 is 0 Å². The summed E-state index contributed by atoms with van der Waals surface area (Å²) in [7, 11) is 0. The molecule has 1 rings (SSSR count). The Morgan fingerprint density at radius 3 is 2.57 bits per heavy atom. The van der Waals surface area contributed by atoms with Crippen molar-refractivity contribution >= 4 is 0 Å². The Morgan fingerprint density at radius 1 is 1.43 bits per heavy atom. The van der Waals surface area contributed by atoms with Gasteiger partial charge >= 0.3 is 6.54 Å². The molecular formula is C5H5N2+. The van der Waals surface area contributed by atoms with Crippen LogP contribution in [0.3, 0.4) is 0 Å². The fraction of sp³-hybridized carbons (Fsp3) is 0. The first-order valence-electron chi connectivity index (χ1n) is 1.99. The summed E-state index contributed by atoms with van der Waals surface area (Å²) in [6.45, 7) is 2.61. The summed E-state index contributed by atoms with van der Waals surface area (Å²) in [5.41, 5.74) is 6.86. The van der Waals surface area contributed by atoms with Crippen molar-refractivity contribution in [3.05, 3.63) is 31.0 Å². The average molecular weight is 93.1 g/mol. The number of nitrogens with one attached hydrogen (secondary N) is 1. The Hall–Kier alpha value is -0.920. The molecule has 2 radical (unpaired) electrons. The van der Waals surface area contributed by atoms with E-state index in [0.717, 1.165) is 4.70 Å². The standard InChI is InChI=1S/C5H5N2/c6-7-4-2-1-3-5-7/h1-4,6H/q+1. The zero-order valence-corrected chi connectivity index (χ0v) is 3.76. The van der Waals surface area contributed by atoms with E-state index in [1.165, 1.54) is 0 Å². The van der Waals surface area contributed by atoms with Gasteiger partial charge in [0, 0.05) is 12.2 Å². The van der Waals surface area contributed by atoms with Crippen LogP contribution < -0.4 is 0 Å². The van der Waals surface area contributed by atoms with E-state index in [4.69, 9.17) is 5.53 Å². The Labute approximate surface area is 42.3 Å². The van der Waals surface area contributed by atoms with Crippen LogP contribution in [0.2, 0.25) is 0 Å². The second-order valence-corrected chi connectivity index (χ2v) is 1.20. The lowest BCUT2D eigenvalue weighted by Gasteiger charge is -1.82. The SMILES string of the molecule is N=[N+]1[C]C=CC=C1. The summed E-state index contributed by atoms with van der Waals surface area (Å²) in [6.07, 6.45) is 6.90. The lowest BCUT2D eigenvalue weighted by Crippen LogP contribution is -1.92. The summed E-state index contributed by atoms with van der Waals surface area (Å²) in [6, 6.07) is 0. The first-order chi connectivity index (χ1) is 3.39. The zero-order chi connectivity index (χ0) is 5.11. The van der Waals surface area contributed by atoms with E-state index in [1.54, 1.807) is 18.4 Å².